The van der Waals surface area contributed by atoms with Gasteiger partial charge in [-0.25, -0.2) is 0 Å². The second-order valence-electron chi connectivity index (χ2n) is 15.4. The van der Waals surface area contributed by atoms with Crippen LogP contribution in [0.1, 0.15) is 97.6 Å². The lowest BCUT2D eigenvalue weighted by Crippen LogP contribution is -2.46. The van der Waals surface area contributed by atoms with Gasteiger partial charge < -0.3 is 14.0 Å². The predicted octanol–water partition coefficient (Wildman–Crippen LogP) is 8.67. The van der Waals surface area contributed by atoms with Gasteiger partial charge >= 0.3 is 0 Å². The van der Waals surface area contributed by atoms with Crippen molar-refractivity contribution in [2.24, 2.45) is 17.3 Å². The van der Waals surface area contributed by atoms with E-state index in [4.69, 9.17) is 8.85 Å². The Labute approximate surface area is 217 Å². The molecule has 0 bridgehead atoms. The third-order valence-electron chi connectivity index (χ3n) is 10.9. The van der Waals surface area contributed by atoms with Crippen LogP contribution in [-0.4, -0.2) is 27.8 Å². The Morgan fingerprint density at radius 2 is 1.51 bits per heavy atom. The summed E-state index contributed by atoms with van der Waals surface area (Å²) in [6.45, 7) is 25.8. The Morgan fingerprint density at radius 3 is 2.11 bits per heavy atom. The Kier molecular flexibility index (Phi) is 6.72. The molecule has 0 saturated heterocycles. The zero-order chi connectivity index (χ0) is 26.2. The summed E-state index contributed by atoms with van der Waals surface area (Å²) in [4.78, 5) is 0. The average molecular weight is 517 g/mol. The summed E-state index contributed by atoms with van der Waals surface area (Å²) >= 11 is 0. The lowest BCUT2D eigenvalue weighted by molar-refractivity contribution is 0.0588. The van der Waals surface area contributed by atoms with Gasteiger partial charge in [-0.15, -0.1) is 0 Å². The highest BCUT2D eigenvalue weighted by molar-refractivity contribution is 6.75. The Morgan fingerprint density at radius 1 is 0.914 bits per heavy atom. The molecule has 0 heterocycles. The quantitative estimate of drug-likeness (QED) is 0.407. The maximum Gasteiger partial charge on any atom is 0.250 e. The van der Waals surface area contributed by atoms with Crippen LogP contribution in [0.15, 0.2) is 12.1 Å². The SMILES string of the molecule is CC12CCC3c4c(ccc(O[Si](C)(C)C(C)(C)C)c4O[Si](C)(C)C(C)(C)C)CCC3C1CC(O)C2. The second-order valence-corrected chi connectivity index (χ2v) is 24.8. The minimum absolute atomic E-state index is 0.124. The number of benzene rings is 1. The molecule has 1 N–H and O–H groups in total. The first-order chi connectivity index (χ1) is 15.9. The van der Waals surface area contributed by atoms with Crippen LogP contribution in [0.2, 0.25) is 36.3 Å². The van der Waals surface area contributed by atoms with E-state index in [2.05, 4.69) is 86.8 Å². The molecule has 0 spiro atoms. The van der Waals surface area contributed by atoms with E-state index in [9.17, 15) is 5.11 Å². The molecule has 5 atom stereocenters. The first-order valence-electron chi connectivity index (χ1n) is 14.1. The smallest absolute Gasteiger partial charge is 0.250 e. The maximum atomic E-state index is 10.6. The summed E-state index contributed by atoms with van der Waals surface area (Å²) in [5.74, 6) is 3.85. The van der Waals surface area contributed by atoms with Crippen molar-refractivity contribution >= 4 is 16.6 Å². The summed E-state index contributed by atoms with van der Waals surface area (Å²) in [6, 6.07) is 4.58. The van der Waals surface area contributed by atoms with Gasteiger partial charge in [-0.1, -0.05) is 54.5 Å². The Bertz CT molecular complexity index is 956. The molecular weight excluding hydrogens is 464 g/mol. The lowest BCUT2D eigenvalue weighted by Gasteiger charge is -2.50. The minimum Gasteiger partial charge on any atom is -0.541 e. The molecule has 5 heteroatoms. The molecule has 5 unspecified atom stereocenters. The number of fused-ring (bicyclic) bond motifs is 5. The highest BCUT2D eigenvalue weighted by atomic mass is 28.4. The molecule has 0 amide bonds. The van der Waals surface area contributed by atoms with Gasteiger partial charge in [-0.05, 0) is 110 Å². The summed E-state index contributed by atoms with van der Waals surface area (Å²) < 4.78 is 14.3. The van der Waals surface area contributed by atoms with Crippen LogP contribution < -0.4 is 8.85 Å². The van der Waals surface area contributed by atoms with Crippen LogP contribution in [0.4, 0.5) is 0 Å². The van der Waals surface area contributed by atoms with Crippen LogP contribution in [0.5, 0.6) is 11.5 Å². The topological polar surface area (TPSA) is 38.7 Å². The molecular formula is C30H52O3Si2. The average Bonchev–Trinajstić information content (AvgIpc) is 3.01. The van der Waals surface area contributed by atoms with E-state index < -0.39 is 16.6 Å². The highest BCUT2D eigenvalue weighted by Crippen LogP contribution is 2.63. The number of aliphatic hydroxyl groups is 1. The number of rotatable bonds is 4. The van der Waals surface area contributed by atoms with Gasteiger partial charge in [0.25, 0.3) is 16.6 Å². The number of aliphatic hydroxyl groups excluding tert-OH is 1. The van der Waals surface area contributed by atoms with Gasteiger partial charge in [0, 0.05) is 5.56 Å². The van der Waals surface area contributed by atoms with Crippen molar-refractivity contribution in [2.45, 2.75) is 135 Å². The Hall–Kier alpha value is -0.786. The molecule has 1 aromatic rings. The molecule has 2 fully saturated rings. The number of hydrogen-bond donors (Lipinski definition) is 1. The van der Waals surface area contributed by atoms with Crippen molar-refractivity contribution in [3.8, 4) is 11.5 Å². The largest absolute Gasteiger partial charge is 0.541 e. The third-order valence-corrected chi connectivity index (χ3v) is 19.6. The fourth-order valence-electron chi connectivity index (χ4n) is 6.66. The number of aryl methyl sites for hydroxylation is 1. The monoisotopic (exact) mass is 516 g/mol. The van der Waals surface area contributed by atoms with Crippen LogP contribution in [0.25, 0.3) is 0 Å². The molecule has 3 nitrogen and oxygen atoms in total. The fraction of sp³-hybridized carbons (Fsp3) is 0.800. The normalized spacial score (nSPS) is 31.4. The van der Waals surface area contributed by atoms with E-state index in [1.165, 1.54) is 30.4 Å². The molecule has 0 aromatic heterocycles. The third kappa shape index (κ3) is 4.79. The van der Waals surface area contributed by atoms with Crippen LogP contribution in [0.3, 0.4) is 0 Å². The van der Waals surface area contributed by atoms with Crippen LogP contribution >= 0.6 is 0 Å². The molecule has 0 radical (unpaired) electrons. The van der Waals surface area contributed by atoms with Crippen LogP contribution in [0, 0.1) is 17.3 Å². The van der Waals surface area contributed by atoms with E-state index in [0.717, 1.165) is 30.8 Å². The summed E-state index contributed by atoms with van der Waals surface area (Å²) in [5.41, 5.74) is 3.24. The predicted molar refractivity (Wildman–Crippen MR) is 153 cm³/mol. The molecule has 198 valence electrons. The standard InChI is InChI=1S/C30H52O3Si2/c1-28(2,3)34(8,9)32-25-15-13-20-12-14-22-23(16-17-30(7)19-21(31)18-24(22)30)26(20)27(25)33-35(10,11)29(4,5)6/h13,15,21-24,31H,12,14,16-19H2,1-11H3. The van der Waals surface area contributed by atoms with Crippen molar-refractivity contribution in [1.29, 1.82) is 0 Å². The van der Waals surface area contributed by atoms with Crippen LogP contribution in [-0.2, 0) is 6.42 Å². The Balaban J connectivity index is 1.83. The van der Waals surface area contributed by atoms with E-state index in [0.29, 0.717) is 23.2 Å². The molecule has 2 saturated carbocycles. The molecule has 35 heavy (non-hydrogen) atoms. The van der Waals surface area contributed by atoms with E-state index in [-0.39, 0.29) is 16.2 Å². The molecule has 0 aliphatic heterocycles. The van der Waals surface area contributed by atoms with Gasteiger partial charge in [0.1, 0.15) is 11.5 Å². The van der Waals surface area contributed by atoms with Crippen molar-refractivity contribution in [3.63, 3.8) is 0 Å². The first kappa shape index (κ1) is 27.3. The zero-order valence-corrected chi connectivity index (χ0v) is 26.5. The van der Waals surface area contributed by atoms with Gasteiger partial charge in [0.15, 0.2) is 0 Å². The summed E-state index contributed by atoms with van der Waals surface area (Å²) in [6.07, 6.45) is 6.61. The van der Waals surface area contributed by atoms with Gasteiger partial charge in [0.05, 0.1) is 6.10 Å². The van der Waals surface area contributed by atoms with Crippen molar-refractivity contribution in [2.75, 3.05) is 0 Å². The maximum absolute atomic E-state index is 10.6. The van der Waals surface area contributed by atoms with Crippen molar-refractivity contribution < 1.29 is 14.0 Å². The number of hydrogen-bond acceptors (Lipinski definition) is 3. The first-order valence-corrected chi connectivity index (χ1v) is 19.9. The lowest BCUT2D eigenvalue weighted by atomic mass is 9.56. The fourth-order valence-corrected chi connectivity index (χ4v) is 8.70. The van der Waals surface area contributed by atoms with Crippen molar-refractivity contribution in [1.82, 2.24) is 0 Å². The summed E-state index contributed by atoms with van der Waals surface area (Å²) in [7, 11) is -4.10. The molecule has 1 aromatic carbocycles. The van der Waals surface area contributed by atoms with E-state index >= 15 is 0 Å². The molecule has 3 aliphatic rings. The second kappa shape index (κ2) is 8.63. The zero-order valence-electron chi connectivity index (χ0n) is 24.5. The molecule has 4 rings (SSSR count). The van der Waals surface area contributed by atoms with Crippen molar-refractivity contribution in [3.05, 3.63) is 23.3 Å². The van der Waals surface area contributed by atoms with Gasteiger partial charge in [0.2, 0.25) is 0 Å². The summed E-state index contributed by atoms with van der Waals surface area (Å²) in [5, 5.41) is 10.9. The minimum atomic E-state index is -2.07. The van der Waals surface area contributed by atoms with E-state index in [1.54, 1.807) is 0 Å². The van der Waals surface area contributed by atoms with E-state index in [1.807, 2.05) is 0 Å². The van der Waals surface area contributed by atoms with Gasteiger partial charge in [-0.2, -0.15) is 0 Å². The van der Waals surface area contributed by atoms with Gasteiger partial charge in [-0.3, -0.25) is 0 Å². The molecule has 3 aliphatic carbocycles. The highest BCUT2D eigenvalue weighted by Gasteiger charge is 2.54.